The summed E-state index contributed by atoms with van der Waals surface area (Å²) >= 11 is 1.66. The average molecular weight is 667 g/mol. The lowest BCUT2D eigenvalue weighted by atomic mass is 9.98. The van der Waals surface area contributed by atoms with Crippen LogP contribution in [0.15, 0.2) is 79.0 Å². The Bertz CT molecular complexity index is 1230. The van der Waals surface area contributed by atoms with E-state index in [1.807, 2.05) is 27.7 Å². The van der Waals surface area contributed by atoms with E-state index in [4.69, 9.17) is 0 Å². The van der Waals surface area contributed by atoms with Gasteiger partial charge in [0.2, 0.25) is 11.8 Å². The second-order valence-corrected chi connectivity index (χ2v) is 13.4. The number of rotatable bonds is 24. The van der Waals surface area contributed by atoms with E-state index < -0.39 is 22.7 Å². The number of carboxylic acid groups (broad SMARTS) is 1. The SMILES string of the molecule is CCC=CCC=CCC=CCC=CCC=CCCCCSC(CC)(CC)C(=O)NC(CC(C)C)C(=O)Nc1ccc(O)c(C(=O)O)c1. The molecule has 0 fully saturated rings. The number of aromatic hydroxyl groups is 1. The number of thioether (sulfide) groups is 1. The quantitative estimate of drug-likeness (QED) is 0.0496. The Balaban J connectivity index is 2.52. The Morgan fingerprint density at radius 3 is 1.89 bits per heavy atom. The van der Waals surface area contributed by atoms with Crippen molar-refractivity contribution >= 4 is 35.2 Å². The molecule has 7 nitrogen and oxygen atoms in total. The molecular weight excluding hydrogens is 609 g/mol. The molecule has 0 aliphatic rings. The van der Waals surface area contributed by atoms with E-state index in [0.717, 1.165) is 57.1 Å². The standard InChI is InChI=1S/C39H58N2O5S/c1-6-9-10-11-12-13-14-15-16-17-18-19-20-21-22-23-24-25-28-47-39(7-2,8-3)38(46)41-34(29-31(4)5)36(43)40-32-26-27-35(42)33(30-32)37(44)45/h9-10,12-13,15-16,18-19,21-22,26-27,30-31,34,42H,6-8,11,14,17,20,23-25,28-29H2,1-5H3,(H,40,43)(H,41,46)(H,44,45). The van der Waals surface area contributed by atoms with Crippen LogP contribution in [0, 0.1) is 5.92 Å². The molecule has 0 saturated heterocycles. The summed E-state index contributed by atoms with van der Waals surface area (Å²) in [5.41, 5.74) is -0.0618. The van der Waals surface area contributed by atoms with Crippen molar-refractivity contribution in [3.8, 4) is 5.75 Å². The Hall–Kier alpha value is -3.52. The number of carbonyl (C=O) groups excluding carboxylic acids is 2. The summed E-state index contributed by atoms with van der Waals surface area (Å²) < 4.78 is -0.637. The van der Waals surface area contributed by atoms with Gasteiger partial charge in [-0.2, -0.15) is 0 Å². The van der Waals surface area contributed by atoms with E-state index in [0.29, 0.717) is 19.3 Å². The van der Waals surface area contributed by atoms with E-state index in [-0.39, 0.29) is 28.8 Å². The van der Waals surface area contributed by atoms with Gasteiger partial charge in [-0.3, -0.25) is 9.59 Å². The van der Waals surface area contributed by atoms with Gasteiger partial charge in [0.1, 0.15) is 17.4 Å². The first-order chi connectivity index (χ1) is 22.6. The lowest BCUT2D eigenvalue weighted by Gasteiger charge is -2.32. The number of carbonyl (C=O) groups is 3. The first kappa shape index (κ1) is 41.5. The van der Waals surface area contributed by atoms with Gasteiger partial charge in [-0.25, -0.2) is 4.79 Å². The molecule has 8 heteroatoms. The molecular formula is C39H58N2O5S. The number of nitrogens with one attached hydrogen (secondary N) is 2. The lowest BCUT2D eigenvalue weighted by Crippen LogP contribution is -2.52. The number of hydrogen-bond acceptors (Lipinski definition) is 5. The zero-order valence-electron chi connectivity index (χ0n) is 29.2. The number of benzene rings is 1. The molecule has 1 rings (SSSR count). The Kier molecular flexibility index (Phi) is 21.7. The molecule has 0 spiro atoms. The third-order valence-corrected chi connectivity index (χ3v) is 9.49. The fourth-order valence-electron chi connectivity index (χ4n) is 4.85. The fourth-order valence-corrected chi connectivity index (χ4v) is 6.19. The number of anilines is 1. The lowest BCUT2D eigenvalue weighted by molar-refractivity contribution is -0.128. The number of aromatic carboxylic acids is 1. The Morgan fingerprint density at radius 2 is 1.38 bits per heavy atom. The number of phenols is 1. The van der Waals surface area contributed by atoms with Crippen molar-refractivity contribution in [2.75, 3.05) is 11.1 Å². The maximum Gasteiger partial charge on any atom is 0.339 e. The third kappa shape index (κ3) is 17.3. The van der Waals surface area contributed by atoms with Crippen molar-refractivity contribution in [2.24, 2.45) is 5.92 Å². The maximum absolute atomic E-state index is 13.6. The van der Waals surface area contributed by atoms with Crippen molar-refractivity contribution in [1.82, 2.24) is 5.32 Å². The average Bonchev–Trinajstić information content (AvgIpc) is 3.04. The van der Waals surface area contributed by atoms with Crippen LogP contribution in [0.25, 0.3) is 0 Å². The van der Waals surface area contributed by atoms with Gasteiger partial charge in [0.15, 0.2) is 0 Å². The molecule has 0 aliphatic heterocycles. The number of hydrogen-bond donors (Lipinski definition) is 4. The van der Waals surface area contributed by atoms with Crippen LogP contribution >= 0.6 is 11.8 Å². The second-order valence-electron chi connectivity index (χ2n) is 11.9. The first-order valence-corrected chi connectivity index (χ1v) is 18.2. The van der Waals surface area contributed by atoms with Gasteiger partial charge in [0, 0.05) is 5.69 Å². The van der Waals surface area contributed by atoms with Crippen LogP contribution in [0.4, 0.5) is 5.69 Å². The molecule has 0 heterocycles. The molecule has 0 bridgehead atoms. The molecule has 1 aromatic rings. The molecule has 0 aromatic heterocycles. The van der Waals surface area contributed by atoms with Crippen LogP contribution in [0.2, 0.25) is 0 Å². The minimum Gasteiger partial charge on any atom is -0.507 e. The van der Waals surface area contributed by atoms with Crippen LogP contribution in [0.3, 0.4) is 0 Å². The van der Waals surface area contributed by atoms with Crippen LogP contribution in [-0.2, 0) is 9.59 Å². The molecule has 4 N–H and O–H groups in total. The van der Waals surface area contributed by atoms with E-state index >= 15 is 0 Å². The minimum absolute atomic E-state index is 0.140. The molecule has 0 saturated carbocycles. The zero-order chi connectivity index (χ0) is 34.9. The number of amides is 2. The first-order valence-electron chi connectivity index (χ1n) is 17.2. The minimum atomic E-state index is -1.30. The highest BCUT2D eigenvalue weighted by Crippen LogP contribution is 2.34. The molecule has 0 radical (unpaired) electrons. The molecule has 1 unspecified atom stereocenters. The maximum atomic E-state index is 13.6. The molecule has 260 valence electrons. The van der Waals surface area contributed by atoms with E-state index in [2.05, 4.69) is 78.3 Å². The van der Waals surface area contributed by atoms with Gasteiger partial charge in [-0.1, -0.05) is 95.4 Å². The van der Waals surface area contributed by atoms with Crippen molar-refractivity contribution in [3.63, 3.8) is 0 Å². The molecule has 0 aliphatic carbocycles. The van der Waals surface area contributed by atoms with Gasteiger partial charge in [0.25, 0.3) is 0 Å². The van der Waals surface area contributed by atoms with E-state index in [1.54, 1.807) is 11.8 Å². The summed E-state index contributed by atoms with van der Waals surface area (Å²) in [6.45, 7) is 10.1. The van der Waals surface area contributed by atoms with Gasteiger partial charge in [-0.05, 0) is 100 Å². The number of carboxylic acids is 1. The van der Waals surface area contributed by atoms with Gasteiger partial charge in [0.05, 0.1) is 4.75 Å². The highest BCUT2D eigenvalue weighted by Gasteiger charge is 2.37. The number of unbranched alkanes of at least 4 members (excludes halogenated alkanes) is 2. The molecule has 1 aromatic carbocycles. The van der Waals surface area contributed by atoms with Crippen molar-refractivity contribution in [1.29, 1.82) is 0 Å². The van der Waals surface area contributed by atoms with E-state index in [9.17, 15) is 24.6 Å². The topological polar surface area (TPSA) is 116 Å². The van der Waals surface area contributed by atoms with Crippen molar-refractivity contribution in [2.45, 2.75) is 116 Å². The van der Waals surface area contributed by atoms with Crippen LogP contribution in [0.5, 0.6) is 5.75 Å². The fraction of sp³-hybridized carbons (Fsp3) is 0.513. The van der Waals surface area contributed by atoms with Crippen LogP contribution in [-0.4, -0.2) is 44.5 Å². The predicted molar refractivity (Wildman–Crippen MR) is 199 cm³/mol. The normalized spacial score (nSPS) is 13.1. The summed E-state index contributed by atoms with van der Waals surface area (Å²) in [5, 5.41) is 24.8. The smallest absolute Gasteiger partial charge is 0.339 e. The summed E-state index contributed by atoms with van der Waals surface area (Å²) in [4.78, 5) is 38.3. The molecule has 47 heavy (non-hydrogen) atoms. The van der Waals surface area contributed by atoms with Crippen molar-refractivity contribution in [3.05, 3.63) is 84.5 Å². The van der Waals surface area contributed by atoms with Crippen molar-refractivity contribution < 1.29 is 24.6 Å². The summed E-state index contributed by atoms with van der Waals surface area (Å²) in [5.74, 6) is -1.25. The van der Waals surface area contributed by atoms with Gasteiger partial charge < -0.3 is 20.8 Å². The predicted octanol–water partition coefficient (Wildman–Crippen LogP) is 9.77. The highest BCUT2D eigenvalue weighted by atomic mass is 32.2. The molecule has 1 atom stereocenters. The monoisotopic (exact) mass is 666 g/mol. The van der Waals surface area contributed by atoms with Crippen LogP contribution < -0.4 is 10.6 Å². The molecule has 2 amide bonds. The van der Waals surface area contributed by atoms with Crippen LogP contribution in [0.1, 0.15) is 116 Å². The Labute approximate surface area is 287 Å². The summed E-state index contributed by atoms with van der Waals surface area (Å²) in [6.07, 6.45) is 31.7. The summed E-state index contributed by atoms with van der Waals surface area (Å²) in [6, 6.07) is 3.10. The van der Waals surface area contributed by atoms with E-state index in [1.165, 1.54) is 18.2 Å². The summed E-state index contributed by atoms with van der Waals surface area (Å²) in [7, 11) is 0. The highest BCUT2D eigenvalue weighted by molar-refractivity contribution is 8.01. The second kappa shape index (κ2) is 24.6. The number of allylic oxidation sites excluding steroid dienone is 10. The third-order valence-electron chi connectivity index (χ3n) is 7.68. The van der Waals surface area contributed by atoms with Gasteiger partial charge in [-0.15, -0.1) is 11.8 Å². The Morgan fingerprint density at radius 1 is 0.830 bits per heavy atom. The zero-order valence-corrected chi connectivity index (χ0v) is 30.0. The van der Waals surface area contributed by atoms with Gasteiger partial charge >= 0.3 is 5.97 Å². The largest absolute Gasteiger partial charge is 0.507 e.